The van der Waals surface area contributed by atoms with Crippen LogP contribution < -0.4 is 15.0 Å². The summed E-state index contributed by atoms with van der Waals surface area (Å²) < 4.78 is 29.3. The van der Waals surface area contributed by atoms with E-state index in [-0.39, 0.29) is 48.6 Å². The number of anilines is 1. The van der Waals surface area contributed by atoms with E-state index in [0.29, 0.717) is 37.1 Å². The number of ether oxygens (including phenoxy) is 5. The van der Waals surface area contributed by atoms with Gasteiger partial charge in [-0.25, -0.2) is 9.59 Å². The summed E-state index contributed by atoms with van der Waals surface area (Å²) in [6.45, 7) is 7.16. The van der Waals surface area contributed by atoms with E-state index in [1.54, 1.807) is 45.2 Å². The number of carbonyl (C=O) groups is 6. The summed E-state index contributed by atoms with van der Waals surface area (Å²) in [6.07, 6.45) is 4.78. The average Bonchev–Trinajstić information content (AvgIpc) is 3.79. The van der Waals surface area contributed by atoms with Crippen molar-refractivity contribution >= 4 is 53.0 Å². The molecule has 4 aliphatic rings. The van der Waals surface area contributed by atoms with Gasteiger partial charge in [-0.1, -0.05) is 48.7 Å². The van der Waals surface area contributed by atoms with E-state index in [0.717, 1.165) is 16.0 Å². The molecule has 0 unspecified atom stereocenters. The van der Waals surface area contributed by atoms with Crippen LogP contribution in [0.1, 0.15) is 71.8 Å². The van der Waals surface area contributed by atoms with E-state index in [9.17, 15) is 33.9 Å². The SMILES string of the molecule is COc1cc2cc(c1Cl)N(C)C(=O)C[C@H](OC(=O)[C@H](C)N(C)C(=O)CCCCCN1C(=O)C=CC1=O)[C@]1(C)O[C@H]1[C@H](C)[C@@H]1C[C@@](O)(NC(=O)O1)[C@H](OC)/C=C\C=C(\C)C2. The van der Waals surface area contributed by atoms with Gasteiger partial charge in [0, 0.05) is 58.7 Å². The number of aliphatic hydroxyl groups is 1. The third kappa shape index (κ3) is 10.2. The highest BCUT2D eigenvalue weighted by atomic mass is 35.5. The number of unbranched alkanes of at least 4 members (excludes halogenated alkanes) is 2. The van der Waals surface area contributed by atoms with Crippen LogP contribution in [0.4, 0.5) is 10.5 Å². The van der Waals surface area contributed by atoms with Gasteiger partial charge in [0.15, 0.2) is 5.72 Å². The summed E-state index contributed by atoms with van der Waals surface area (Å²) in [5.74, 6) is -2.49. The molecule has 8 atom stereocenters. The van der Waals surface area contributed by atoms with Crippen LogP contribution in [-0.2, 0) is 49.3 Å². The number of imide groups is 1. The molecular weight excluding hydrogens is 788 g/mol. The van der Waals surface area contributed by atoms with Crippen molar-refractivity contribution in [3.05, 3.63) is 58.7 Å². The van der Waals surface area contributed by atoms with Crippen LogP contribution in [0.2, 0.25) is 5.02 Å². The number of allylic oxidation sites excluding steroid dienone is 3. The van der Waals surface area contributed by atoms with Gasteiger partial charge in [-0.15, -0.1) is 0 Å². The Morgan fingerprint density at radius 2 is 1.81 bits per heavy atom. The Balaban J connectivity index is 1.39. The van der Waals surface area contributed by atoms with E-state index in [1.807, 2.05) is 13.0 Å². The molecule has 0 spiro atoms. The van der Waals surface area contributed by atoms with Crippen molar-refractivity contribution < 1.29 is 57.6 Å². The molecule has 0 radical (unpaired) electrons. The number of methoxy groups -OCH3 is 2. The number of rotatable bonds is 11. The van der Waals surface area contributed by atoms with Crippen LogP contribution in [0.25, 0.3) is 0 Å². The number of esters is 1. The van der Waals surface area contributed by atoms with E-state index < -0.39 is 65.7 Å². The lowest BCUT2D eigenvalue weighted by atomic mass is 9.83. The van der Waals surface area contributed by atoms with Gasteiger partial charge in [0.25, 0.3) is 11.8 Å². The number of alkyl carbamates (subject to hydrolysis) is 1. The predicted octanol–water partition coefficient (Wildman–Crippen LogP) is 4.00. The van der Waals surface area contributed by atoms with Gasteiger partial charge >= 0.3 is 12.1 Å². The summed E-state index contributed by atoms with van der Waals surface area (Å²) in [5.41, 5.74) is -1.05. The number of nitrogens with one attached hydrogen (secondary N) is 1. The summed E-state index contributed by atoms with van der Waals surface area (Å²) >= 11 is 6.77. The average molecular weight is 843 g/mol. The zero-order valence-corrected chi connectivity index (χ0v) is 35.6. The zero-order chi connectivity index (χ0) is 43.4. The topological polar surface area (TPSA) is 194 Å². The van der Waals surface area contributed by atoms with Crippen LogP contribution in [0.15, 0.2) is 48.1 Å². The lowest BCUT2D eigenvalue weighted by Gasteiger charge is -2.42. The Morgan fingerprint density at radius 1 is 1.12 bits per heavy atom. The van der Waals surface area contributed by atoms with Crippen molar-refractivity contribution in [2.75, 3.05) is 39.8 Å². The highest BCUT2D eigenvalue weighted by Gasteiger charge is 2.64. The van der Waals surface area contributed by atoms with Gasteiger partial charge in [0.05, 0.1) is 25.3 Å². The summed E-state index contributed by atoms with van der Waals surface area (Å²) in [4.78, 5) is 81.6. The number of fused-ring (bicyclic) bond motifs is 5. The molecule has 4 heterocycles. The Kier molecular flexibility index (Phi) is 14.3. The number of carbonyl (C=O) groups excluding carboxylic acids is 6. The van der Waals surface area contributed by atoms with Gasteiger partial charge in [-0.2, -0.15) is 0 Å². The Morgan fingerprint density at radius 3 is 2.47 bits per heavy atom. The first-order valence-electron chi connectivity index (χ1n) is 19.7. The number of amides is 5. The number of hydrogen-bond donors (Lipinski definition) is 2. The highest BCUT2D eigenvalue weighted by Crippen LogP contribution is 2.49. The number of halogens is 1. The standard InChI is InChI=1S/C42H55ClN4O12/c1-24-13-12-14-31(56-8)42(54)23-30(57-40(53)44-42)25(2)38-41(4,59-38)32(22-36(51)46(6)28-20-27(19-24)21-29(55-7)37(28)43)58-39(52)26(3)45(5)33(48)15-10-9-11-18-47-34(49)16-17-35(47)50/h12-14,16-17,20-21,25-26,30-32,38,54H,9-11,15,18-19,22-23H2,1-8H3,(H,44,53)/b14-12-,24-13-/t25-,26+,30+,31-,32+,38+,41+,42+/m1/s1. The molecular formula is C42H55ClN4O12. The number of likely N-dealkylation sites (N-methyl/N-ethyl adjacent to an activating group) is 1. The minimum Gasteiger partial charge on any atom is -0.495 e. The van der Waals surface area contributed by atoms with Crippen molar-refractivity contribution in [1.82, 2.24) is 15.1 Å². The molecule has 4 aliphatic heterocycles. The molecule has 2 N–H and O–H groups in total. The second kappa shape index (κ2) is 18.7. The smallest absolute Gasteiger partial charge is 0.409 e. The first-order chi connectivity index (χ1) is 27.8. The normalized spacial score (nSPS) is 30.4. The second-order valence-corrected chi connectivity index (χ2v) is 16.3. The summed E-state index contributed by atoms with van der Waals surface area (Å²) in [6, 6.07) is 2.50. The van der Waals surface area contributed by atoms with Crippen LogP contribution in [0, 0.1) is 5.92 Å². The molecule has 0 aliphatic carbocycles. The van der Waals surface area contributed by atoms with Gasteiger partial charge < -0.3 is 38.6 Å². The fraction of sp³-hybridized carbons (Fsp3) is 0.571. The highest BCUT2D eigenvalue weighted by molar-refractivity contribution is 6.35. The molecule has 0 saturated carbocycles. The first-order valence-corrected chi connectivity index (χ1v) is 20.1. The third-order valence-electron chi connectivity index (χ3n) is 11.7. The van der Waals surface area contributed by atoms with Crippen molar-refractivity contribution in [2.24, 2.45) is 5.92 Å². The molecule has 16 nitrogen and oxygen atoms in total. The van der Waals surface area contributed by atoms with Crippen LogP contribution in [-0.4, -0.2) is 127 Å². The summed E-state index contributed by atoms with van der Waals surface area (Å²) in [7, 11) is 5.94. The van der Waals surface area contributed by atoms with E-state index in [2.05, 4.69) is 5.32 Å². The Bertz CT molecular complexity index is 1900. The third-order valence-corrected chi connectivity index (χ3v) is 12.1. The van der Waals surface area contributed by atoms with Crippen molar-refractivity contribution in [3.8, 4) is 5.75 Å². The van der Waals surface area contributed by atoms with Crippen molar-refractivity contribution in [3.63, 3.8) is 0 Å². The maximum Gasteiger partial charge on any atom is 0.409 e. The van der Waals surface area contributed by atoms with Crippen molar-refractivity contribution in [1.29, 1.82) is 0 Å². The molecule has 2 fully saturated rings. The first kappa shape index (κ1) is 45.3. The fourth-order valence-electron chi connectivity index (χ4n) is 7.77. The van der Waals surface area contributed by atoms with Crippen LogP contribution in [0.5, 0.6) is 5.75 Å². The number of benzene rings is 1. The number of hydrogen-bond acceptors (Lipinski definition) is 12. The summed E-state index contributed by atoms with van der Waals surface area (Å²) in [5, 5.41) is 14.5. The number of nitrogens with zero attached hydrogens (tertiary/aromatic N) is 3. The van der Waals surface area contributed by atoms with Gasteiger partial charge in [-0.3, -0.25) is 29.4 Å². The molecule has 5 rings (SSSR count). The minimum atomic E-state index is -1.85. The molecule has 0 aromatic heterocycles. The molecule has 1 aromatic carbocycles. The van der Waals surface area contributed by atoms with Gasteiger partial charge in [0.2, 0.25) is 11.8 Å². The molecule has 322 valence electrons. The van der Waals surface area contributed by atoms with E-state index in [4.69, 9.17) is 35.3 Å². The monoisotopic (exact) mass is 842 g/mol. The van der Waals surface area contributed by atoms with Gasteiger partial charge in [-0.05, 0) is 57.7 Å². The van der Waals surface area contributed by atoms with Crippen LogP contribution >= 0.6 is 11.6 Å². The van der Waals surface area contributed by atoms with Gasteiger partial charge in [0.1, 0.15) is 40.7 Å². The van der Waals surface area contributed by atoms with Crippen molar-refractivity contribution in [2.45, 2.75) is 114 Å². The molecule has 5 amide bonds. The Labute approximate surface area is 349 Å². The van der Waals surface area contributed by atoms with E-state index in [1.165, 1.54) is 50.1 Å². The molecule has 4 bridgehead atoms. The molecule has 1 aromatic rings. The minimum absolute atomic E-state index is 0.0761. The number of epoxide rings is 1. The molecule has 2 saturated heterocycles. The predicted molar refractivity (Wildman–Crippen MR) is 215 cm³/mol. The second-order valence-electron chi connectivity index (χ2n) is 15.9. The maximum absolute atomic E-state index is 14.2. The van der Waals surface area contributed by atoms with Crippen LogP contribution in [0.3, 0.4) is 0 Å². The maximum atomic E-state index is 14.2. The largest absolute Gasteiger partial charge is 0.495 e. The quantitative estimate of drug-likeness (QED) is 0.141. The fourth-order valence-corrected chi connectivity index (χ4v) is 8.08. The molecule has 59 heavy (non-hydrogen) atoms. The lowest BCUT2D eigenvalue weighted by molar-refractivity contribution is -0.162. The lowest BCUT2D eigenvalue weighted by Crippen LogP contribution is -2.63. The Hall–Kier alpha value is -4.77. The zero-order valence-electron chi connectivity index (χ0n) is 34.8. The molecule has 17 heteroatoms. The van der Waals surface area contributed by atoms with E-state index >= 15 is 0 Å².